The molecule has 0 unspecified atom stereocenters. The SMILES string of the molecule is CCCc1nnc(-c2ccc(OCC(=O)Nc3ccc(Cl)c(Cl)c3)cc2)o1. The monoisotopic (exact) mass is 405 g/mol. The number of aromatic nitrogens is 2. The number of nitrogens with one attached hydrogen (secondary N) is 1. The van der Waals surface area contributed by atoms with E-state index in [4.69, 9.17) is 32.4 Å². The van der Waals surface area contributed by atoms with Crippen molar-refractivity contribution in [3.8, 4) is 17.2 Å². The largest absolute Gasteiger partial charge is 0.484 e. The van der Waals surface area contributed by atoms with Crippen LogP contribution in [0.2, 0.25) is 10.0 Å². The molecule has 0 bridgehead atoms. The first-order valence-corrected chi connectivity index (χ1v) is 9.11. The van der Waals surface area contributed by atoms with Crippen molar-refractivity contribution in [3.05, 3.63) is 58.4 Å². The molecule has 0 atom stereocenters. The molecule has 0 saturated carbocycles. The fourth-order valence-corrected chi connectivity index (χ4v) is 2.60. The molecule has 6 nitrogen and oxygen atoms in total. The molecule has 0 aliphatic carbocycles. The average Bonchev–Trinajstić information content (AvgIpc) is 3.12. The van der Waals surface area contributed by atoms with Crippen LogP contribution >= 0.6 is 23.2 Å². The summed E-state index contributed by atoms with van der Waals surface area (Å²) in [6.07, 6.45) is 1.70. The first kappa shape index (κ1) is 19.2. The second kappa shape index (κ2) is 8.88. The summed E-state index contributed by atoms with van der Waals surface area (Å²) >= 11 is 11.8. The van der Waals surface area contributed by atoms with Crippen LogP contribution in [-0.2, 0) is 11.2 Å². The number of ether oxygens (including phenoxy) is 1. The van der Waals surface area contributed by atoms with E-state index in [0.29, 0.717) is 33.3 Å². The Bertz CT molecular complexity index is 926. The number of aryl methyl sites for hydroxylation is 1. The fraction of sp³-hybridized carbons (Fsp3) is 0.211. The molecule has 1 amide bonds. The van der Waals surface area contributed by atoms with Gasteiger partial charge < -0.3 is 14.5 Å². The smallest absolute Gasteiger partial charge is 0.262 e. The summed E-state index contributed by atoms with van der Waals surface area (Å²) in [6.45, 7) is 1.91. The second-order valence-corrected chi connectivity index (χ2v) is 6.56. The Morgan fingerprint density at radius 1 is 1.11 bits per heavy atom. The van der Waals surface area contributed by atoms with Gasteiger partial charge in [0.05, 0.1) is 10.0 Å². The van der Waals surface area contributed by atoms with Crippen LogP contribution in [0.15, 0.2) is 46.9 Å². The molecule has 0 fully saturated rings. The number of anilines is 1. The molecule has 1 aromatic heterocycles. The minimum Gasteiger partial charge on any atom is -0.484 e. The topological polar surface area (TPSA) is 77.2 Å². The minimum atomic E-state index is -0.307. The molecule has 1 heterocycles. The summed E-state index contributed by atoms with van der Waals surface area (Å²) in [5.74, 6) is 1.32. The molecule has 0 aliphatic rings. The van der Waals surface area contributed by atoms with Crippen molar-refractivity contribution in [2.45, 2.75) is 19.8 Å². The lowest BCUT2D eigenvalue weighted by Gasteiger charge is -2.08. The number of nitrogens with zero attached hydrogens (tertiary/aromatic N) is 2. The van der Waals surface area contributed by atoms with Crippen LogP contribution in [0, 0.1) is 0 Å². The number of halogens is 2. The summed E-state index contributed by atoms with van der Waals surface area (Å²) in [5, 5.41) is 11.5. The Labute approximate surface area is 166 Å². The van der Waals surface area contributed by atoms with Gasteiger partial charge in [0, 0.05) is 17.7 Å². The van der Waals surface area contributed by atoms with Crippen molar-refractivity contribution in [2.24, 2.45) is 0 Å². The molecular weight excluding hydrogens is 389 g/mol. The van der Waals surface area contributed by atoms with Crippen LogP contribution in [0.1, 0.15) is 19.2 Å². The van der Waals surface area contributed by atoms with Gasteiger partial charge in [0.1, 0.15) is 5.75 Å². The Kier molecular flexibility index (Phi) is 6.32. The average molecular weight is 406 g/mol. The van der Waals surface area contributed by atoms with Crippen LogP contribution in [0.4, 0.5) is 5.69 Å². The van der Waals surface area contributed by atoms with E-state index in [2.05, 4.69) is 15.5 Å². The molecule has 140 valence electrons. The standard InChI is InChI=1S/C19H17Cl2N3O3/c1-2-3-18-23-24-19(27-18)12-4-7-14(8-5-12)26-11-17(25)22-13-6-9-15(20)16(21)10-13/h4-10H,2-3,11H2,1H3,(H,22,25). The van der Waals surface area contributed by atoms with Crippen molar-refractivity contribution in [1.82, 2.24) is 10.2 Å². The Morgan fingerprint density at radius 3 is 2.59 bits per heavy atom. The highest BCUT2D eigenvalue weighted by molar-refractivity contribution is 6.42. The molecule has 3 rings (SSSR count). The quantitative estimate of drug-likeness (QED) is 0.597. The van der Waals surface area contributed by atoms with E-state index in [1.807, 2.05) is 6.92 Å². The third kappa shape index (κ3) is 5.21. The maximum Gasteiger partial charge on any atom is 0.262 e. The Balaban J connectivity index is 1.54. The Morgan fingerprint density at radius 2 is 1.89 bits per heavy atom. The van der Waals surface area contributed by atoms with Crippen molar-refractivity contribution >= 4 is 34.8 Å². The number of benzene rings is 2. The third-order valence-corrected chi connectivity index (χ3v) is 4.34. The zero-order chi connectivity index (χ0) is 19.2. The van der Waals surface area contributed by atoms with Crippen LogP contribution in [0.25, 0.3) is 11.5 Å². The van der Waals surface area contributed by atoms with Gasteiger partial charge in [-0.25, -0.2) is 0 Å². The van der Waals surface area contributed by atoms with E-state index in [-0.39, 0.29) is 12.5 Å². The number of carbonyl (C=O) groups is 1. The van der Waals surface area contributed by atoms with Gasteiger partial charge in [-0.2, -0.15) is 0 Å². The molecule has 0 saturated heterocycles. The van der Waals surface area contributed by atoms with E-state index in [0.717, 1.165) is 18.4 Å². The van der Waals surface area contributed by atoms with Gasteiger partial charge in [-0.1, -0.05) is 30.1 Å². The van der Waals surface area contributed by atoms with E-state index in [1.165, 1.54) is 0 Å². The van der Waals surface area contributed by atoms with Crippen LogP contribution < -0.4 is 10.1 Å². The predicted octanol–water partition coefficient (Wildman–Crippen LogP) is 5.01. The van der Waals surface area contributed by atoms with Crippen molar-refractivity contribution < 1.29 is 13.9 Å². The zero-order valence-corrected chi connectivity index (χ0v) is 16.0. The lowest BCUT2D eigenvalue weighted by Crippen LogP contribution is -2.20. The normalized spacial score (nSPS) is 10.6. The lowest BCUT2D eigenvalue weighted by atomic mass is 10.2. The molecule has 27 heavy (non-hydrogen) atoms. The van der Waals surface area contributed by atoms with Crippen molar-refractivity contribution in [3.63, 3.8) is 0 Å². The van der Waals surface area contributed by atoms with Gasteiger partial charge in [0.25, 0.3) is 5.91 Å². The number of rotatable bonds is 7. The van der Waals surface area contributed by atoms with Crippen LogP contribution in [0.3, 0.4) is 0 Å². The van der Waals surface area contributed by atoms with E-state index in [9.17, 15) is 4.79 Å². The molecular formula is C19H17Cl2N3O3. The minimum absolute atomic E-state index is 0.138. The highest BCUT2D eigenvalue weighted by atomic mass is 35.5. The highest BCUT2D eigenvalue weighted by Crippen LogP contribution is 2.25. The predicted molar refractivity (Wildman–Crippen MR) is 104 cm³/mol. The number of hydrogen-bond acceptors (Lipinski definition) is 5. The lowest BCUT2D eigenvalue weighted by molar-refractivity contribution is -0.118. The summed E-state index contributed by atoms with van der Waals surface area (Å²) in [6, 6.07) is 11.9. The molecule has 3 aromatic rings. The van der Waals surface area contributed by atoms with E-state index < -0.39 is 0 Å². The van der Waals surface area contributed by atoms with E-state index in [1.54, 1.807) is 42.5 Å². The number of hydrogen-bond donors (Lipinski definition) is 1. The van der Waals surface area contributed by atoms with Gasteiger partial charge in [-0.05, 0) is 48.9 Å². The first-order valence-electron chi connectivity index (χ1n) is 8.35. The zero-order valence-electron chi connectivity index (χ0n) is 14.5. The first-order chi connectivity index (χ1) is 13.0. The summed E-state index contributed by atoms with van der Waals surface area (Å²) in [4.78, 5) is 12.0. The van der Waals surface area contributed by atoms with Gasteiger partial charge in [0.2, 0.25) is 11.8 Å². The van der Waals surface area contributed by atoms with Gasteiger partial charge in [0.15, 0.2) is 6.61 Å². The summed E-state index contributed by atoms with van der Waals surface area (Å²) in [5.41, 5.74) is 1.34. The van der Waals surface area contributed by atoms with Gasteiger partial charge in [-0.15, -0.1) is 10.2 Å². The maximum absolute atomic E-state index is 12.0. The van der Waals surface area contributed by atoms with Crippen LogP contribution in [-0.4, -0.2) is 22.7 Å². The number of carbonyl (C=O) groups excluding carboxylic acids is 1. The molecule has 8 heteroatoms. The Hall–Kier alpha value is -2.57. The second-order valence-electron chi connectivity index (χ2n) is 5.74. The van der Waals surface area contributed by atoms with Crippen molar-refractivity contribution in [2.75, 3.05) is 11.9 Å². The molecule has 2 aromatic carbocycles. The van der Waals surface area contributed by atoms with Gasteiger partial charge >= 0.3 is 0 Å². The highest BCUT2D eigenvalue weighted by Gasteiger charge is 2.09. The molecule has 0 spiro atoms. The third-order valence-electron chi connectivity index (χ3n) is 3.61. The van der Waals surface area contributed by atoms with Crippen molar-refractivity contribution in [1.29, 1.82) is 0 Å². The van der Waals surface area contributed by atoms with Gasteiger partial charge in [-0.3, -0.25) is 4.79 Å². The molecule has 0 radical (unpaired) electrons. The molecule has 1 N–H and O–H groups in total. The fourth-order valence-electron chi connectivity index (χ4n) is 2.30. The van der Waals surface area contributed by atoms with Crippen LogP contribution in [0.5, 0.6) is 5.75 Å². The number of amides is 1. The maximum atomic E-state index is 12.0. The van der Waals surface area contributed by atoms with E-state index >= 15 is 0 Å². The summed E-state index contributed by atoms with van der Waals surface area (Å²) in [7, 11) is 0. The summed E-state index contributed by atoms with van der Waals surface area (Å²) < 4.78 is 11.1. The molecule has 0 aliphatic heterocycles.